The van der Waals surface area contributed by atoms with Crippen LogP contribution in [0.4, 0.5) is 0 Å². The number of carbonyl (C=O) groups is 5. The molecule has 0 aromatic carbocycles. The van der Waals surface area contributed by atoms with Gasteiger partial charge < -0.3 is 76.1 Å². The molecule has 1 saturated heterocycles. The molecule has 1 aliphatic heterocycles. The fourth-order valence-electron chi connectivity index (χ4n) is 5.99. The van der Waals surface area contributed by atoms with Crippen LogP contribution in [0.2, 0.25) is 0 Å². The number of aromatic amines is 1. The minimum atomic E-state index is -1.89. The third-order valence-electron chi connectivity index (χ3n) is 9.37. The Bertz CT molecular complexity index is 1540. The van der Waals surface area contributed by atoms with Gasteiger partial charge in [0.15, 0.2) is 0 Å². The molecule has 348 valence electrons. The summed E-state index contributed by atoms with van der Waals surface area (Å²) in [6.45, 7) is 11.9. The van der Waals surface area contributed by atoms with Crippen LogP contribution in [0.15, 0.2) is 17.7 Å². The smallest absolute Gasteiger partial charge is 0.245 e. The molecular weight excluding hydrogens is 804 g/mol. The lowest BCUT2D eigenvalue weighted by molar-refractivity contribution is -0.143. The number of oxime groups is 1. The summed E-state index contributed by atoms with van der Waals surface area (Å²) >= 11 is 0. The third kappa shape index (κ3) is 19.1. The highest BCUT2D eigenvalue weighted by Crippen LogP contribution is 2.21. The lowest BCUT2D eigenvalue weighted by atomic mass is 10.0. The van der Waals surface area contributed by atoms with Gasteiger partial charge in [0.25, 0.3) is 0 Å². The summed E-state index contributed by atoms with van der Waals surface area (Å²) in [5, 5.41) is 71.3. The largest absolute Gasteiger partial charge is 0.394 e. The molecule has 2 rings (SSSR count). The first-order chi connectivity index (χ1) is 28.6. The summed E-state index contributed by atoms with van der Waals surface area (Å²) < 4.78 is 11.8. The van der Waals surface area contributed by atoms with E-state index in [1.807, 2.05) is 48.5 Å². The van der Waals surface area contributed by atoms with Crippen molar-refractivity contribution in [2.45, 2.75) is 140 Å². The maximum atomic E-state index is 13.9. The van der Waals surface area contributed by atoms with E-state index in [0.717, 1.165) is 6.21 Å². The molecule has 0 radical (unpaired) electrons. The van der Waals surface area contributed by atoms with E-state index >= 15 is 0 Å². The van der Waals surface area contributed by atoms with Crippen LogP contribution in [-0.2, 0) is 44.7 Å². The predicted molar refractivity (Wildman–Crippen MR) is 218 cm³/mol. The highest BCUT2D eigenvalue weighted by atomic mass is 16.6. The number of likely N-dealkylation sites (tertiary alicyclic amines) is 1. The molecule has 11 N–H and O–H groups in total. The van der Waals surface area contributed by atoms with Gasteiger partial charge in [0.1, 0.15) is 55.2 Å². The minimum Gasteiger partial charge on any atom is -0.394 e. The van der Waals surface area contributed by atoms with Crippen molar-refractivity contribution < 1.29 is 68.9 Å². The summed E-state index contributed by atoms with van der Waals surface area (Å²) in [5.41, 5.74) is -0.537. The van der Waals surface area contributed by atoms with E-state index in [2.05, 4.69) is 36.4 Å². The average molecular weight is 873 g/mol. The van der Waals surface area contributed by atoms with Crippen LogP contribution in [0.1, 0.15) is 79.8 Å². The number of aromatic nitrogens is 2. The second kappa shape index (κ2) is 25.6. The molecule has 22 heteroatoms. The highest BCUT2D eigenvalue weighted by molar-refractivity contribution is 5.95. The van der Waals surface area contributed by atoms with Gasteiger partial charge in [-0.05, 0) is 59.8 Å². The number of imidazole rings is 1. The number of hydrogen-bond acceptors (Lipinski definition) is 16. The Morgan fingerprint density at radius 1 is 0.918 bits per heavy atom. The molecule has 0 aliphatic carbocycles. The molecule has 0 bridgehead atoms. The van der Waals surface area contributed by atoms with Crippen LogP contribution in [0.5, 0.6) is 0 Å². The number of H-pyrrole nitrogens is 1. The molecule has 61 heavy (non-hydrogen) atoms. The summed E-state index contributed by atoms with van der Waals surface area (Å²) in [4.78, 5) is 80.5. The van der Waals surface area contributed by atoms with Gasteiger partial charge >= 0.3 is 0 Å². The summed E-state index contributed by atoms with van der Waals surface area (Å²) in [6.07, 6.45) is -2.58. The molecule has 8 atom stereocenters. The number of hydrogen-bond donors (Lipinski definition) is 11. The summed E-state index contributed by atoms with van der Waals surface area (Å²) in [7, 11) is 0. The Labute approximate surface area is 356 Å². The number of carbonyl (C=O) groups excluding carboxylic acids is 5. The van der Waals surface area contributed by atoms with Crippen LogP contribution in [0.3, 0.4) is 0 Å². The number of nitrogens with one attached hydrogen (secondary N) is 5. The number of amides is 5. The number of aliphatic hydroxyl groups excluding tert-OH is 6. The van der Waals surface area contributed by atoms with Crippen molar-refractivity contribution in [3.05, 3.63) is 18.2 Å². The molecule has 1 aromatic rings. The molecule has 22 nitrogen and oxygen atoms in total. The Balaban J connectivity index is 2.04. The summed E-state index contributed by atoms with van der Waals surface area (Å²) in [5.74, 6) is -3.20. The molecule has 5 amide bonds. The van der Waals surface area contributed by atoms with Crippen molar-refractivity contribution >= 4 is 35.8 Å². The van der Waals surface area contributed by atoms with Crippen molar-refractivity contribution in [1.29, 1.82) is 0 Å². The van der Waals surface area contributed by atoms with Crippen molar-refractivity contribution in [3.63, 3.8) is 0 Å². The van der Waals surface area contributed by atoms with E-state index < -0.39 is 91.0 Å². The lowest BCUT2D eigenvalue weighted by Gasteiger charge is -2.30. The predicted octanol–water partition coefficient (Wildman–Crippen LogP) is -3.01. The fourth-order valence-corrected chi connectivity index (χ4v) is 5.99. The SMILES string of the molecule is CC(C)C[C@H](NC(=O)[C@@H]1CCCN1C(=O)CCOC(C)(C)COC(C)(C)C)C(=O)N[C@@H](Cc1cnc[nH]1)C(=O)N[C@@H](CO)C(=O)NCCO/N=C/C(O)C(O)C(O)C(O)CO. The van der Waals surface area contributed by atoms with E-state index in [9.17, 15) is 49.5 Å². The van der Waals surface area contributed by atoms with Gasteiger partial charge in [-0.1, -0.05) is 19.0 Å². The van der Waals surface area contributed by atoms with Gasteiger partial charge in [0.2, 0.25) is 29.5 Å². The van der Waals surface area contributed by atoms with Crippen LogP contribution >= 0.6 is 0 Å². The van der Waals surface area contributed by atoms with E-state index in [4.69, 9.17) is 19.4 Å². The number of rotatable bonds is 27. The van der Waals surface area contributed by atoms with Gasteiger partial charge in [-0.25, -0.2) is 4.98 Å². The zero-order valence-corrected chi connectivity index (χ0v) is 36.2. The molecule has 0 saturated carbocycles. The van der Waals surface area contributed by atoms with Gasteiger partial charge in [0, 0.05) is 24.9 Å². The van der Waals surface area contributed by atoms with Crippen molar-refractivity contribution in [2.24, 2.45) is 11.1 Å². The molecule has 4 unspecified atom stereocenters. The zero-order valence-electron chi connectivity index (χ0n) is 36.2. The molecule has 1 aromatic heterocycles. The van der Waals surface area contributed by atoms with E-state index in [-0.39, 0.29) is 56.4 Å². The van der Waals surface area contributed by atoms with Gasteiger partial charge in [0.05, 0.1) is 63.1 Å². The monoisotopic (exact) mass is 872 g/mol. The normalized spacial score (nSPS) is 18.2. The van der Waals surface area contributed by atoms with Crippen LogP contribution in [0, 0.1) is 5.92 Å². The van der Waals surface area contributed by atoms with E-state index in [0.29, 0.717) is 31.7 Å². The standard InChI is InChI=1S/C39H68N8O14/c1-23(2)15-25(45-37(58)28-9-8-12-47(28)31(52)10-13-59-39(6,7)21-60-38(3,4)5)35(56)44-26(16-24-17-40-22-42-24)36(57)46-27(19-48)34(55)41-11-14-61-43-18-29(50)32(53)33(54)30(51)20-49/h17-18,22-23,25-30,32-33,48-51,53-54H,8-16,19-21H2,1-7H3,(H,40,42)(H,41,55)(H,44,56)(H,45,58)(H,46,57)/b43-18+/t25-,26-,27-,28-,29?,30?,32?,33?/m0/s1. The van der Waals surface area contributed by atoms with E-state index in [1.165, 1.54) is 17.4 Å². The van der Waals surface area contributed by atoms with Gasteiger partial charge in [-0.2, -0.15) is 0 Å². The van der Waals surface area contributed by atoms with Crippen molar-refractivity contribution in [2.75, 3.05) is 46.1 Å². The highest BCUT2D eigenvalue weighted by Gasteiger charge is 2.37. The first-order valence-electron chi connectivity index (χ1n) is 20.4. The fraction of sp³-hybridized carbons (Fsp3) is 0.769. The van der Waals surface area contributed by atoms with Gasteiger partial charge in [-0.15, -0.1) is 0 Å². The quantitative estimate of drug-likeness (QED) is 0.0238. The first kappa shape index (κ1) is 52.8. The Morgan fingerprint density at radius 2 is 1.59 bits per heavy atom. The van der Waals surface area contributed by atoms with Crippen molar-refractivity contribution in [1.82, 2.24) is 36.1 Å². The third-order valence-corrected chi connectivity index (χ3v) is 9.37. The topological polar surface area (TPSA) is 327 Å². The summed E-state index contributed by atoms with van der Waals surface area (Å²) in [6, 6.07) is -4.70. The van der Waals surface area contributed by atoms with Crippen LogP contribution in [0.25, 0.3) is 0 Å². The number of nitrogens with zero attached hydrogens (tertiary/aromatic N) is 3. The Hall–Kier alpha value is -4.29. The first-order valence-corrected chi connectivity index (χ1v) is 20.4. The lowest BCUT2D eigenvalue weighted by Crippen LogP contribution is -2.59. The molecule has 1 fully saturated rings. The molecule has 2 heterocycles. The van der Waals surface area contributed by atoms with Gasteiger partial charge in [-0.3, -0.25) is 24.0 Å². The number of aliphatic hydroxyl groups is 6. The Kier molecular flexibility index (Phi) is 22.2. The maximum Gasteiger partial charge on any atom is 0.245 e. The second-order valence-corrected chi connectivity index (χ2v) is 16.9. The molecular formula is C39H68N8O14. The molecule has 1 aliphatic rings. The van der Waals surface area contributed by atoms with Crippen LogP contribution in [-0.4, -0.2) is 187 Å². The second-order valence-electron chi connectivity index (χ2n) is 16.9. The minimum absolute atomic E-state index is 0.0434. The molecule has 0 spiro atoms. The average Bonchev–Trinajstić information content (AvgIpc) is 3.91. The number of ether oxygens (including phenoxy) is 2. The van der Waals surface area contributed by atoms with Crippen LogP contribution < -0.4 is 21.3 Å². The maximum absolute atomic E-state index is 13.9. The Morgan fingerprint density at radius 3 is 2.20 bits per heavy atom. The van der Waals surface area contributed by atoms with E-state index in [1.54, 1.807) is 0 Å². The zero-order chi connectivity index (χ0) is 45.9. The van der Waals surface area contributed by atoms with Crippen molar-refractivity contribution in [3.8, 4) is 0 Å².